The fraction of sp³-hybridized carbons (Fsp3) is 0.286. The van der Waals surface area contributed by atoms with Gasteiger partial charge in [-0.2, -0.15) is 4.31 Å². The summed E-state index contributed by atoms with van der Waals surface area (Å²) in [6, 6.07) is 5.26. The molecule has 0 aromatic carbocycles. The summed E-state index contributed by atoms with van der Waals surface area (Å²) < 4.78 is 27.0. The van der Waals surface area contributed by atoms with Crippen molar-refractivity contribution in [2.45, 2.75) is 18.4 Å². The van der Waals surface area contributed by atoms with Crippen LogP contribution in [-0.4, -0.2) is 36.3 Å². The average Bonchev–Trinajstić information content (AvgIpc) is 2.53. The van der Waals surface area contributed by atoms with Gasteiger partial charge in [0, 0.05) is 44.9 Å². The van der Waals surface area contributed by atoms with E-state index >= 15 is 0 Å². The molecule has 1 N–H and O–H groups in total. The zero-order chi connectivity index (χ0) is 15.3. The van der Waals surface area contributed by atoms with Crippen molar-refractivity contribution in [1.29, 1.82) is 0 Å². The van der Waals surface area contributed by atoms with Crippen LogP contribution in [0.3, 0.4) is 0 Å². The Morgan fingerprint density at radius 1 is 1.14 bits per heavy atom. The molecule has 0 atom stereocenters. The van der Waals surface area contributed by atoms with E-state index in [1.54, 1.807) is 43.8 Å². The Morgan fingerprint density at radius 3 is 2.43 bits per heavy atom. The molecule has 2 aromatic heterocycles. The fourth-order valence-corrected chi connectivity index (χ4v) is 3.57. The van der Waals surface area contributed by atoms with Crippen LogP contribution in [0.25, 0.3) is 0 Å². The first-order valence-electron chi connectivity index (χ1n) is 6.60. The van der Waals surface area contributed by atoms with Crippen molar-refractivity contribution in [2.75, 3.05) is 18.9 Å². The Balaban J connectivity index is 2.36. The van der Waals surface area contributed by atoms with Crippen LogP contribution >= 0.6 is 0 Å². The zero-order valence-electron chi connectivity index (χ0n) is 12.0. The second-order valence-corrected chi connectivity index (χ2v) is 6.31. The monoisotopic (exact) mass is 306 g/mol. The number of aromatic nitrogens is 2. The minimum atomic E-state index is -3.60. The van der Waals surface area contributed by atoms with Gasteiger partial charge in [0.15, 0.2) is 0 Å². The molecule has 0 aliphatic heterocycles. The Labute approximate surface area is 124 Å². The molecule has 0 amide bonds. The predicted octanol–water partition coefficient (Wildman–Crippen LogP) is 1.73. The average molecular weight is 306 g/mol. The minimum Gasteiger partial charge on any atom is -0.387 e. The van der Waals surface area contributed by atoms with E-state index < -0.39 is 10.0 Å². The number of sulfonamides is 1. The standard InChI is InChI=1S/C14H18N4O2S/c1-3-18(11-12-4-7-16-8-5-12)21(19,20)14-10-17-9-6-13(14)15-2/h4-10H,3,11H2,1-2H3,(H,15,17). The largest absolute Gasteiger partial charge is 0.387 e. The number of nitrogens with one attached hydrogen (secondary N) is 1. The molecule has 0 saturated heterocycles. The van der Waals surface area contributed by atoms with E-state index in [1.807, 2.05) is 6.92 Å². The Kier molecular flexibility index (Phi) is 4.87. The quantitative estimate of drug-likeness (QED) is 0.879. The molecular formula is C14H18N4O2S. The molecule has 112 valence electrons. The maximum absolute atomic E-state index is 12.8. The van der Waals surface area contributed by atoms with Gasteiger partial charge in [0.25, 0.3) is 0 Å². The van der Waals surface area contributed by atoms with E-state index in [4.69, 9.17) is 0 Å². The molecule has 0 unspecified atom stereocenters. The smallest absolute Gasteiger partial charge is 0.246 e. The van der Waals surface area contributed by atoms with Gasteiger partial charge in [-0.15, -0.1) is 0 Å². The summed E-state index contributed by atoms with van der Waals surface area (Å²) in [6.45, 7) is 2.50. The Hall–Kier alpha value is -1.99. The van der Waals surface area contributed by atoms with Gasteiger partial charge in [0.1, 0.15) is 4.90 Å². The summed E-state index contributed by atoms with van der Waals surface area (Å²) in [5.41, 5.74) is 1.43. The number of nitrogens with zero attached hydrogens (tertiary/aromatic N) is 3. The van der Waals surface area contributed by atoms with Crippen LogP contribution in [0.5, 0.6) is 0 Å². The van der Waals surface area contributed by atoms with Crippen LogP contribution in [0.15, 0.2) is 47.9 Å². The maximum atomic E-state index is 12.8. The predicted molar refractivity (Wildman–Crippen MR) is 81.3 cm³/mol. The number of pyridine rings is 2. The van der Waals surface area contributed by atoms with Crippen molar-refractivity contribution < 1.29 is 8.42 Å². The normalized spacial score (nSPS) is 11.6. The van der Waals surface area contributed by atoms with Crippen LogP contribution in [0, 0.1) is 0 Å². The van der Waals surface area contributed by atoms with Crippen molar-refractivity contribution in [3.05, 3.63) is 48.5 Å². The first kappa shape index (κ1) is 15.4. The van der Waals surface area contributed by atoms with Crippen LogP contribution in [0.2, 0.25) is 0 Å². The molecule has 0 aliphatic rings. The van der Waals surface area contributed by atoms with Crippen molar-refractivity contribution in [3.8, 4) is 0 Å². The SMILES string of the molecule is CCN(Cc1ccncc1)S(=O)(=O)c1cnccc1NC. The van der Waals surface area contributed by atoms with Crippen LogP contribution in [0.1, 0.15) is 12.5 Å². The lowest BCUT2D eigenvalue weighted by molar-refractivity contribution is 0.423. The van der Waals surface area contributed by atoms with Gasteiger partial charge in [0.05, 0.1) is 5.69 Å². The highest BCUT2D eigenvalue weighted by atomic mass is 32.2. The van der Waals surface area contributed by atoms with Crippen molar-refractivity contribution >= 4 is 15.7 Å². The van der Waals surface area contributed by atoms with E-state index in [0.717, 1.165) is 5.56 Å². The van der Waals surface area contributed by atoms with E-state index in [-0.39, 0.29) is 4.90 Å². The van der Waals surface area contributed by atoms with Gasteiger partial charge >= 0.3 is 0 Å². The lowest BCUT2D eigenvalue weighted by Gasteiger charge is -2.21. The second kappa shape index (κ2) is 6.64. The molecule has 2 heterocycles. The van der Waals surface area contributed by atoms with Crippen LogP contribution in [0.4, 0.5) is 5.69 Å². The van der Waals surface area contributed by atoms with E-state index in [9.17, 15) is 8.42 Å². The van der Waals surface area contributed by atoms with Gasteiger partial charge in [-0.25, -0.2) is 8.42 Å². The molecule has 6 nitrogen and oxygen atoms in total. The molecule has 0 spiro atoms. The number of rotatable bonds is 6. The molecule has 7 heteroatoms. The zero-order valence-corrected chi connectivity index (χ0v) is 12.8. The van der Waals surface area contributed by atoms with Gasteiger partial charge in [-0.3, -0.25) is 9.97 Å². The van der Waals surface area contributed by atoms with Crippen LogP contribution < -0.4 is 5.32 Å². The van der Waals surface area contributed by atoms with Gasteiger partial charge < -0.3 is 5.32 Å². The summed E-state index contributed by atoms with van der Waals surface area (Å²) in [5.74, 6) is 0. The van der Waals surface area contributed by atoms with Gasteiger partial charge in [0.2, 0.25) is 10.0 Å². The second-order valence-electron chi connectivity index (χ2n) is 4.41. The highest BCUT2D eigenvalue weighted by Gasteiger charge is 2.26. The fourth-order valence-electron chi connectivity index (χ4n) is 1.99. The van der Waals surface area contributed by atoms with Gasteiger partial charge in [-0.05, 0) is 23.8 Å². The first-order chi connectivity index (χ1) is 10.1. The van der Waals surface area contributed by atoms with E-state index in [1.165, 1.54) is 10.5 Å². The number of anilines is 1. The lowest BCUT2D eigenvalue weighted by atomic mass is 10.3. The number of hydrogen-bond acceptors (Lipinski definition) is 5. The molecule has 0 fully saturated rings. The topological polar surface area (TPSA) is 75.2 Å². The van der Waals surface area contributed by atoms with Crippen molar-refractivity contribution in [1.82, 2.24) is 14.3 Å². The first-order valence-corrected chi connectivity index (χ1v) is 8.04. The third kappa shape index (κ3) is 3.37. The molecule has 2 rings (SSSR count). The molecule has 0 saturated carbocycles. The molecule has 0 aliphatic carbocycles. The summed E-state index contributed by atoms with van der Waals surface area (Å²) in [7, 11) is -1.92. The molecule has 21 heavy (non-hydrogen) atoms. The third-order valence-electron chi connectivity index (χ3n) is 3.13. The van der Waals surface area contributed by atoms with Crippen LogP contribution in [-0.2, 0) is 16.6 Å². The molecular weight excluding hydrogens is 288 g/mol. The molecule has 2 aromatic rings. The lowest BCUT2D eigenvalue weighted by Crippen LogP contribution is -2.31. The molecule has 0 bridgehead atoms. The molecule has 0 radical (unpaired) electrons. The summed E-state index contributed by atoms with van der Waals surface area (Å²) in [4.78, 5) is 8.05. The third-order valence-corrected chi connectivity index (χ3v) is 5.08. The summed E-state index contributed by atoms with van der Waals surface area (Å²) >= 11 is 0. The summed E-state index contributed by atoms with van der Waals surface area (Å²) in [5, 5.41) is 2.89. The number of hydrogen-bond donors (Lipinski definition) is 1. The summed E-state index contributed by atoms with van der Waals surface area (Å²) in [6.07, 6.45) is 6.23. The minimum absolute atomic E-state index is 0.184. The van der Waals surface area contributed by atoms with Gasteiger partial charge in [-0.1, -0.05) is 6.92 Å². The van der Waals surface area contributed by atoms with E-state index in [2.05, 4.69) is 15.3 Å². The van der Waals surface area contributed by atoms with E-state index in [0.29, 0.717) is 18.8 Å². The Bertz CT molecular complexity index is 689. The highest BCUT2D eigenvalue weighted by molar-refractivity contribution is 7.89. The van der Waals surface area contributed by atoms with Crippen molar-refractivity contribution in [2.24, 2.45) is 0 Å². The Morgan fingerprint density at radius 2 is 1.81 bits per heavy atom. The van der Waals surface area contributed by atoms with Crippen molar-refractivity contribution in [3.63, 3.8) is 0 Å². The highest BCUT2D eigenvalue weighted by Crippen LogP contribution is 2.24. The maximum Gasteiger partial charge on any atom is 0.246 e.